The second kappa shape index (κ2) is 17.2. The Labute approximate surface area is 260 Å². The summed E-state index contributed by atoms with van der Waals surface area (Å²) >= 11 is 0. The standard InChI is InChI=1S/2C12H22O11/c13-1-3-5(15)6(16)9(19)12(22-3)23-10-4(2-14)21-11(20)8(18)7(10)17;13-1-3-5(15)7(17)9(19)11(21-3)23-12-10(20)8(18)6(16)4(2-14)22-12/h2*3-20H,1-2H2/t3-,4-,5-,6+,7-,8-,9-,10-,11-,12-;3-,4-,5-,6-,7+,8+,9-,10-,11-,12-/m11/s1. The van der Waals surface area contributed by atoms with Gasteiger partial charge in [-0.1, -0.05) is 0 Å². The lowest BCUT2D eigenvalue weighted by Crippen LogP contribution is -2.64. The molecule has 22 heteroatoms. The molecule has 0 amide bonds. The summed E-state index contributed by atoms with van der Waals surface area (Å²) in [6.07, 6.45) is -31.2. The van der Waals surface area contributed by atoms with Crippen LogP contribution in [0.4, 0.5) is 0 Å². The topological polar surface area (TPSA) is 379 Å². The van der Waals surface area contributed by atoms with Crippen molar-refractivity contribution >= 4 is 0 Å². The Bertz CT molecular complexity index is 862. The number of hydrogen-bond acceptors (Lipinski definition) is 22. The van der Waals surface area contributed by atoms with Crippen LogP contribution in [-0.4, -0.2) is 231 Å². The van der Waals surface area contributed by atoms with Crippen molar-refractivity contribution in [1.29, 1.82) is 0 Å². The summed E-state index contributed by atoms with van der Waals surface area (Å²) in [6, 6.07) is 0. The molecule has 0 bridgehead atoms. The maximum absolute atomic E-state index is 9.94. The van der Waals surface area contributed by atoms with Crippen LogP contribution in [0.5, 0.6) is 0 Å². The molecule has 4 fully saturated rings. The van der Waals surface area contributed by atoms with Crippen molar-refractivity contribution in [2.75, 3.05) is 26.4 Å². The Kier molecular flexibility index (Phi) is 14.8. The number of rotatable bonds is 8. The van der Waals surface area contributed by atoms with E-state index in [1.54, 1.807) is 0 Å². The van der Waals surface area contributed by atoms with Crippen molar-refractivity contribution in [3.05, 3.63) is 0 Å². The van der Waals surface area contributed by atoms with Crippen LogP contribution in [0.2, 0.25) is 0 Å². The zero-order valence-corrected chi connectivity index (χ0v) is 24.0. The van der Waals surface area contributed by atoms with Gasteiger partial charge in [0, 0.05) is 0 Å². The molecule has 4 aliphatic heterocycles. The van der Waals surface area contributed by atoms with Crippen LogP contribution < -0.4 is 0 Å². The first kappa shape index (κ1) is 39.6. The first-order valence-electron chi connectivity index (χ1n) is 14.2. The molecule has 0 radical (unpaired) electrons. The highest BCUT2D eigenvalue weighted by Gasteiger charge is 2.51. The van der Waals surface area contributed by atoms with Gasteiger partial charge >= 0.3 is 0 Å². The lowest BCUT2D eigenvalue weighted by molar-refractivity contribution is -0.376. The van der Waals surface area contributed by atoms with Gasteiger partial charge in [-0.05, 0) is 0 Å². The quantitative estimate of drug-likeness (QED) is 0.113. The molecule has 16 N–H and O–H groups in total. The van der Waals surface area contributed by atoms with E-state index in [9.17, 15) is 66.4 Å². The van der Waals surface area contributed by atoms with E-state index in [-0.39, 0.29) is 0 Å². The average Bonchev–Trinajstić information content (AvgIpc) is 3.05. The normalized spacial score (nSPS) is 51.7. The first-order chi connectivity index (χ1) is 21.6. The van der Waals surface area contributed by atoms with E-state index in [0.29, 0.717) is 0 Å². The van der Waals surface area contributed by atoms with Gasteiger partial charge in [-0.2, -0.15) is 0 Å². The fourth-order valence-electron chi connectivity index (χ4n) is 5.06. The summed E-state index contributed by atoms with van der Waals surface area (Å²) in [4.78, 5) is 0. The molecule has 0 aromatic heterocycles. The zero-order valence-electron chi connectivity index (χ0n) is 24.0. The highest BCUT2D eigenvalue weighted by atomic mass is 16.8. The number of aliphatic hydroxyl groups excluding tert-OH is 16. The van der Waals surface area contributed by atoms with Crippen LogP contribution in [0, 0.1) is 0 Å². The van der Waals surface area contributed by atoms with Crippen molar-refractivity contribution in [3.8, 4) is 0 Å². The molecule has 4 rings (SSSR count). The Morgan fingerprint density at radius 1 is 0.326 bits per heavy atom. The Hall–Kier alpha value is -0.880. The maximum atomic E-state index is 9.94. The van der Waals surface area contributed by atoms with E-state index >= 15 is 0 Å². The molecule has 0 saturated carbocycles. The highest BCUT2D eigenvalue weighted by molar-refractivity contribution is 4.94. The Balaban J connectivity index is 0.000000250. The van der Waals surface area contributed by atoms with Crippen LogP contribution in [0.25, 0.3) is 0 Å². The van der Waals surface area contributed by atoms with Crippen LogP contribution in [0.15, 0.2) is 0 Å². The molecule has 46 heavy (non-hydrogen) atoms. The Morgan fingerprint density at radius 2 is 0.652 bits per heavy atom. The van der Waals surface area contributed by atoms with Gasteiger partial charge in [0.05, 0.1) is 26.4 Å². The lowest BCUT2D eigenvalue weighted by Gasteiger charge is -2.45. The fourth-order valence-corrected chi connectivity index (χ4v) is 5.06. The number of aliphatic hydroxyl groups is 16. The van der Waals surface area contributed by atoms with Gasteiger partial charge in [-0.3, -0.25) is 0 Å². The second-order valence-corrected chi connectivity index (χ2v) is 11.1. The summed E-state index contributed by atoms with van der Waals surface area (Å²) in [6.45, 7) is -2.68. The van der Waals surface area contributed by atoms with E-state index in [4.69, 9.17) is 43.7 Å². The minimum Gasteiger partial charge on any atom is -0.394 e. The van der Waals surface area contributed by atoms with Gasteiger partial charge in [0.2, 0.25) is 0 Å². The molecule has 272 valence electrons. The summed E-state index contributed by atoms with van der Waals surface area (Å²) in [5, 5.41) is 153. The van der Waals surface area contributed by atoms with Gasteiger partial charge in [0.1, 0.15) is 97.7 Å². The predicted molar refractivity (Wildman–Crippen MR) is 137 cm³/mol. The van der Waals surface area contributed by atoms with E-state index in [1.165, 1.54) is 0 Å². The van der Waals surface area contributed by atoms with Crippen LogP contribution in [0.3, 0.4) is 0 Å². The summed E-state index contributed by atoms with van der Waals surface area (Å²) in [5.74, 6) is 0. The van der Waals surface area contributed by atoms with E-state index < -0.39 is 149 Å². The molecule has 0 aromatic carbocycles. The van der Waals surface area contributed by atoms with Gasteiger partial charge in [0.15, 0.2) is 25.2 Å². The van der Waals surface area contributed by atoms with Crippen LogP contribution in [0.1, 0.15) is 0 Å². The maximum Gasteiger partial charge on any atom is 0.189 e. The molecule has 4 heterocycles. The van der Waals surface area contributed by atoms with Gasteiger partial charge in [-0.15, -0.1) is 0 Å². The summed E-state index contributed by atoms with van der Waals surface area (Å²) in [7, 11) is 0. The average molecular weight is 685 g/mol. The molecule has 0 unspecified atom stereocenters. The van der Waals surface area contributed by atoms with Crippen molar-refractivity contribution < 1.29 is 110 Å². The van der Waals surface area contributed by atoms with E-state index in [1.807, 2.05) is 0 Å². The molecule has 4 saturated heterocycles. The lowest BCUT2D eigenvalue weighted by atomic mass is 9.97. The molecular formula is C24H44O22. The predicted octanol–water partition coefficient (Wildman–Crippen LogP) is -10.8. The van der Waals surface area contributed by atoms with Gasteiger partial charge in [-0.25, -0.2) is 0 Å². The van der Waals surface area contributed by atoms with Crippen molar-refractivity contribution in [2.24, 2.45) is 0 Å². The van der Waals surface area contributed by atoms with E-state index in [2.05, 4.69) is 0 Å². The van der Waals surface area contributed by atoms with Crippen molar-refractivity contribution in [3.63, 3.8) is 0 Å². The molecule has 20 atom stereocenters. The minimum absolute atomic E-state index is 0.667. The van der Waals surface area contributed by atoms with E-state index in [0.717, 1.165) is 0 Å². The largest absolute Gasteiger partial charge is 0.394 e. The van der Waals surface area contributed by atoms with Gasteiger partial charge < -0.3 is 110 Å². The smallest absolute Gasteiger partial charge is 0.189 e. The fraction of sp³-hybridized carbons (Fsp3) is 1.00. The molecule has 0 aliphatic carbocycles. The molecule has 4 aliphatic rings. The van der Waals surface area contributed by atoms with Gasteiger partial charge in [0.25, 0.3) is 0 Å². The molecule has 0 aromatic rings. The zero-order chi connectivity index (χ0) is 34.6. The highest BCUT2D eigenvalue weighted by Crippen LogP contribution is 2.30. The Morgan fingerprint density at radius 3 is 0.978 bits per heavy atom. The van der Waals surface area contributed by atoms with Crippen LogP contribution in [-0.2, 0) is 28.4 Å². The molecule has 22 nitrogen and oxygen atoms in total. The third-order valence-corrected chi connectivity index (χ3v) is 7.94. The number of ether oxygens (including phenoxy) is 6. The summed E-state index contributed by atoms with van der Waals surface area (Å²) < 4.78 is 30.6. The number of hydrogen-bond donors (Lipinski definition) is 16. The SMILES string of the molecule is OC[C@H]1O[C@H](O[C@H]2O[C@H](CO)[C@@H](O)[C@H](O)[C@H]2O)[C@H](O)[C@@H](O)[C@@H]1O.OC[C@H]1O[C@H](O[C@H]2[C@H](O)[C@@H](O)[C@H](O)O[C@@H]2CO)[C@H](O)[C@@H](O)[C@@H]1O. The van der Waals surface area contributed by atoms with Crippen LogP contribution >= 0.6 is 0 Å². The summed E-state index contributed by atoms with van der Waals surface area (Å²) in [5.41, 5.74) is 0. The third kappa shape index (κ3) is 8.45. The monoisotopic (exact) mass is 684 g/mol. The first-order valence-corrected chi connectivity index (χ1v) is 14.2. The minimum atomic E-state index is -1.74. The van der Waals surface area contributed by atoms with Crippen molar-refractivity contribution in [1.82, 2.24) is 0 Å². The molecule has 0 spiro atoms. The third-order valence-electron chi connectivity index (χ3n) is 7.94. The second-order valence-electron chi connectivity index (χ2n) is 11.1. The molecular weight excluding hydrogens is 640 g/mol. The van der Waals surface area contributed by atoms with Crippen molar-refractivity contribution in [2.45, 2.75) is 123 Å².